The average Bonchev–Trinajstić information content (AvgIpc) is 2.99. The molecule has 1 aliphatic heterocycles. The smallest absolute Gasteiger partial charge is 0.220 e. The van der Waals surface area contributed by atoms with E-state index in [0.717, 1.165) is 38.5 Å². The van der Waals surface area contributed by atoms with E-state index < -0.39 is 49.5 Å². The van der Waals surface area contributed by atoms with Gasteiger partial charge in [-0.1, -0.05) is 95.2 Å². The summed E-state index contributed by atoms with van der Waals surface area (Å²) in [5.74, 6) is -0.230. The predicted molar refractivity (Wildman–Crippen MR) is 166 cm³/mol. The molecule has 7 unspecified atom stereocenters. The van der Waals surface area contributed by atoms with E-state index in [1.165, 1.54) is 44.9 Å². The first-order valence-corrected chi connectivity index (χ1v) is 16.2. The molecule has 0 saturated carbocycles. The Hall–Kier alpha value is -1.59. The fourth-order valence-electron chi connectivity index (χ4n) is 4.69. The SMILES string of the molecule is CCCCCCCCC/C=C/CC/C=C/CC/C=C/C(O)C(COC1OC(CO)C(O)C(O)C1O)NC(=O)CCCC. The van der Waals surface area contributed by atoms with Crippen LogP contribution in [-0.4, -0.2) is 87.5 Å². The van der Waals surface area contributed by atoms with Gasteiger partial charge in [-0.25, -0.2) is 0 Å². The summed E-state index contributed by atoms with van der Waals surface area (Å²) in [7, 11) is 0. The van der Waals surface area contributed by atoms with Crippen molar-refractivity contribution in [2.24, 2.45) is 0 Å². The third-order valence-electron chi connectivity index (χ3n) is 7.45. The predicted octanol–water partition coefficient (Wildman–Crippen LogP) is 4.21. The fourth-order valence-corrected chi connectivity index (χ4v) is 4.69. The molecule has 0 aromatic rings. The number of aliphatic hydroxyl groups excluding tert-OH is 5. The van der Waals surface area contributed by atoms with E-state index in [-0.39, 0.29) is 12.5 Å². The lowest BCUT2D eigenvalue weighted by molar-refractivity contribution is -0.302. The standard InChI is InChI=1S/C33H59NO8/c1-3-5-7-8-9-10-11-12-13-14-15-16-17-18-19-20-21-22-27(36)26(34-29(37)23-6-4-2)25-41-33-32(40)31(39)30(38)28(24-35)42-33/h13-14,17-18,21-22,26-28,30-33,35-36,38-40H,3-12,15-16,19-20,23-25H2,1-2H3,(H,34,37)/b14-13+,18-17+,22-21+. The van der Waals surface area contributed by atoms with E-state index in [0.29, 0.717) is 12.8 Å². The quantitative estimate of drug-likeness (QED) is 0.0716. The number of amides is 1. The van der Waals surface area contributed by atoms with Gasteiger partial charge in [-0.3, -0.25) is 4.79 Å². The minimum Gasteiger partial charge on any atom is -0.394 e. The van der Waals surface area contributed by atoms with Crippen LogP contribution < -0.4 is 5.32 Å². The second-order valence-corrected chi connectivity index (χ2v) is 11.2. The number of allylic oxidation sites excluding steroid dienone is 5. The maximum Gasteiger partial charge on any atom is 0.220 e. The lowest BCUT2D eigenvalue weighted by Crippen LogP contribution is -2.60. The van der Waals surface area contributed by atoms with Gasteiger partial charge in [-0.15, -0.1) is 0 Å². The second-order valence-electron chi connectivity index (χ2n) is 11.2. The van der Waals surface area contributed by atoms with Gasteiger partial charge in [0, 0.05) is 6.42 Å². The number of carbonyl (C=O) groups excluding carboxylic acids is 1. The molecule has 9 nitrogen and oxygen atoms in total. The van der Waals surface area contributed by atoms with Gasteiger partial charge in [0.1, 0.15) is 24.4 Å². The van der Waals surface area contributed by atoms with E-state index in [9.17, 15) is 30.3 Å². The summed E-state index contributed by atoms with van der Waals surface area (Å²) in [6, 6.07) is -0.818. The molecule has 1 rings (SSSR count). The van der Waals surface area contributed by atoms with Gasteiger partial charge in [0.15, 0.2) is 6.29 Å². The van der Waals surface area contributed by atoms with Crippen molar-refractivity contribution in [2.75, 3.05) is 13.2 Å². The van der Waals surface area contributed by atoms with E-state index in [1.807, 2.05) is 13.0 Å². The normalized spacial score (nSPS) is 24.6. The molecule has 9 heteroatoms. The highest BCUT2D eigenvalue weighted by Gasteiger charge is 2.44. The molecule has 1 saturated heterocycles. The molecular formula is C33H59NO8. The number of unbranched alkanes of at least 4 members (excludes halogenated alkanes) is 10. The van der Waals surface area contributed by atoms with Crippen molar-refractivity contribution in [3.8, 4) is 0 Å². The minimum atomic E-state index is -1.57. The molecule has 1 aliphatic rings. The summed E-state index contributed by atoms with van der Waals surface area (Å²) in [5, 5.41) is 53.1. The van der Waals surface area contributed by atoms with Crippen molar-refractivity contribution in [3.63, 3.8) is 0 Å². The third-order valence-corrected chi connectivity index (χ3v) is 7.45. The van der Waals surface area contributed by atoms with Gasteiger partial charge in [0.25, 0.3) is 0 Å². The molecule has 42 heavy (non-hydrogen) atoms. The molecule has 6 N–H and O–H groups in total. The molecular weight excluding hydrogens is 538 g/mol. The van der Waals surface area contributed by atoms with Crippen molar-refractivity contribution in [1.29, 1.82) is 0 Å². The van der Waals surface area contributed by atoms with E-state index in [2.05, 4.69) is 36.5 Å². The van der Waals surface area contributed by atoms with Gasteiger partial charge in [0.2, 0.25) is 5.91 Å². The summed E-state index contributed by atoms with van der Waals surface area (Å²) < 4.78 is 11.0. The number of ether oxygens (including phenoxy) is 2. The zero-order valence-corrected chi connectivity index (χ0v) is 26.0. The number of hydrogen-bond donors (Lipinski definition) is 6. The molecule has 7 atom stereocenters. The number of rotatable bonds is 24. The Balaban J connectivity index is 2.40. The van der Waals surface area contributed by atoms with Crippen molar-refractivity contribution in [3.05, 3.63) is 36.5 Å². The first-order chi connectivity index (χ1) is 20.3. The Kier molecular flexibility index (Phi) is 22.7. The highest BCUT2D eigenvalue weighted by Crippen LogP contribution is 2.22. The number of aliphatic hydroxyl groups is 5. The maximum absolute atomic E-state index is 12.4. The van der Waals surface area contributed by atoms with Crippen LogP contribution in [0.4, 0.5) is 0 Å². The van der Waals surface area contributed by atoms with Crippen LogP contribution in [0.2, 0.25) is 0 Å². The van der Waals surface area contributed by atoms with Crippen LogP contribution in [0, 0.1) is 0 Å². The third kappa shape index (κ3) is 16.9. The minimum absolute atomic E-state index is 0.210. The van der Waals surface area contributed by atoms with Crippen LogP contribution in [0.25, 0.3) is 0 Å². The van der Waals surface area contributed by atoms with E-state index >= 15 is 0 Å². The molecule has 1 amide bonds. The molecule has 0 aliphatic carbocycles. The van der Waals surface area contributed by atoms with Gasteiger partial charge >= 0.3 is 0 Å². The molecule has 244 valence electrons. The Labute approximate surface area is 253 Å². The zero-order chi connectivity index (χ0) is 31.0. The molecule has 0 aromatic carbocycles. The number of nitrogens with one attached hydrogen (secondary N) is 1. The summed E-state index contributed by atoms with van der Waals surface area (Å²) >= 11 is 0. The Morgan fingerprint density at radius 1 is 0.786 bits per heavy atom. The Morgan fingerprint density at radius 3 is 1.98 bits per heavy atom. The zero-order valence-electron chi connectivity index (χ0n) is 26.0. The van der Waals surface area contributed by atoms with E-state index in [4.69, 9.17) is 9.47 Å². The summed E-state index contributed by atoms with van der Waals surface area (Å²) in [5.41, 5.74) is 0. The largest absolute Gasteiger partial charge is 0.394 e. The van der Waals surface area contributed by atoms with Crippen LogP contribution in [0.3, 0.4) is 0 Å². The van der Waals surface area contributed by atoms with Crippen LogP contribution >= 0.6 is 0 Å². The second kappa shape index (κ2) is 24.8. The summed E-state index contributed by atoms with van der Waals surface area (Å²) in [6.45, 7) is 3.45. The van der Waals surface area contributed by atoms with Crippen molar-refractivity contribution in [1.82, 2.24) is 5.32 Å². The van der Waals surface area contributed by atoms with Crippen molar-refractivity contribution in [2.45, 2.75) is 153 Å². The average molecular weight is 598 g/mol. The maximum atomic E-state index is 12.4. The Bertz CT molecular complexity index is 756. The first-order valence-electron chi connectivity index (χ1n) is 16.2. The molecule has 0 radical (unpaired) electrons. The summed E-state index contributed by atoms with van der Waals surface area (Å²) in [4.78, 5) is 12.4. The molecule has 0 bridgehead atoms. The highest BCUT2D eigenvalue weighted by atomic mass is 16.7. The van der Waals surface area contributed by atoms with Crippen molar-refractivity contribution >= 4 is 5.91 Å². The van der Waals surface area contributed by atoms with Crippen LogP contribution in [-0.2, 0) is 14.3 Å². The van der Waals surface area contributed by atoms with E-state index in [1.54, 1.807) is 6.08 Å². The lowest BCUT2D eigenvalue weighted by atomic mass is 9.99. The molecule has 1 fully saturated rings. The number of hydrogen-bond acceptors (Lipinski definition) is 8. The fraction of sp³-hybridized carbons (Fsp3) is 0.788. The first kappa shape index (κ1) is 38.4. The molecule has 1 heterocycles. The molecule has 0 aromatic heterocycles. The topological polar surface area (TPSA) is 149 Å². The van der Waals surface area contributed by atoms with Crippen molar-refractivity contribution < 1.29 is 39.8 Å². The van der Waals surface area contributed by atoms with Crippen LogP contribution in [0.5, 0.6) is 0 Å². The van der Waals surface area contributed by atoms with Crippen LogP contribution in [0.1, 0.15) is 110 Å². The van der Waals surface area contributed by atoms with Gasteiger partial charge in [-0.2, -0.15) is 0 Å². The number of carbonyl (C=O) groups is 1. The van der Waals surface area contributed by atoms with Gasteiger partial charge < -0.3 is 40.3 Å². The highest BCUT2D eigenvalue weighted by molar-refractivity contribution is 5.76. The summed E-state index contributed by atoms with van der Waals surface area (Å²) in [6.07, 6.45) is 20.2. The van der Waals surface area contributed by atoms with Crippen LogP contribution in [0.15, 0.2) is 36.5 Å². The van der Waals surface area contributed by atoms with Gasteiger partial charge in [0.05, 0.1) is 25.4 Å². The monoisotopic (exact) mass is 597 g/mol. The lowest BCUT2D eigenvalue weighted by Gasteiger charge is -2.40. The molecule has 0 spiro atoms. The Morgan fingerprint density at radius 2 is 1.36 bits per heavy atom. The van der Waals surface area contributed by atoms with Gasteiger partial charge in [-0.05, 0) is 44.9 Å².